The van der Waals surface area contributed by atoms with Gasteiger partial charge in [0, 0.05) is 30.7 Å². The number of amides is 1. The summed E-state index contributed by atoms with van der Waals surface area (Å²) in [5.74, 6) is -0.135. The van der Waals surface area contributed by atoms with Crippen molar-refractivity contribution in [3.05, 3.63) is 54.4 Å². The van der Waals surface area contributed by atoms with Crippen molar-refractivity contribution < 1.29 is 9.18 Å². The number of aromatic nitrogens is 3. The summed E-state index contributed by atoms with van der Waals surface area (Å²) in [5.41, 5.74) is 7.65. The number of fused-ring (bicyclic) bond motifs is 1. The zero-order valence-electron chi connectivity index (χ0n) is 17.2. The van der Waals surface area contributed by atoms with E-state index in [1.807, 2.05) is 0 Å². The molecule has 3 aromatic rings. The Bertz CT molecular complexity index is 1110. The number of benzene rings is 1. The third-order valence-corrected chi connectivity index (χ3v) is 6.85. The summed E-state index contributed by atoms with van der Waals surface area (Å²) in [7, 11) is 0. The lowest BCUT2D eigenvalue weighted by Gasteiger charge is -2.42. The first-order chi connectivity index (χ1) is 15.0. The first-order valence-corrected chi connectivity index (χ1v) is 10.7. The highest BCUT2D eigenvalue weighted by molar-refractivity contribution is 6.07. The second-order valence-corrected chi connectivity index (χ2v) is 8.59. The van der Waals surface area contributed by atoms with Crippen LogP contribution < -0.4 is 16.0 Å². The van der Waals surface area contributed by atoms with Gasteiger partial charge < -0.3 is 16.0 Å². The molecule has 1 atom stereocenters. The van der Waals surface area contributed by atoms with Gasteiger partial charge in [0.15, 0.2) is 0 Å². The number of nitrogens with two attached hydrogens (primary N) is 1. The molecule has 160 valence electrons. The number of carbonyl (C=O) groups excluding carboxylic acids is 1. The minimum atomic E-state index is -0.453. The lowest BCUT2D eigenvalue weighted by Crippen LogP contribution is -2.47. The van der Waals surface area contributed by atoms with E-state index < -0.39 is 11.7 Å². The molecule has 0 unspecified atom stereocenters. The molecule has 2 fully saturated rings. The van der Waals surface area contributed by atoms with Crippen molar-refractivity contribution in [3.63, 3.8) is 0 Å². The summed E-state index contributed by atoms with van der Waals surface area (Å²) in [4.78, 5) is 27.9. The van der Waals surface area contributed by atoms with Crippen molar-refractivity contribution in [2.45, 2.75) is 38.1 Å². The number of anilines is 2. The molecule has 8 heteroatoms. The molecule has 0 radical (unpaired) electrons. The Balaban J connectivity index is 1.28. The molecule has 5 rings (SSSR count). The van der Waals surface area contributed by atoms with E-state index in [0.29, 0.717) is 22.6 Å². The smallest absolute Gasteiger partial charge is 0.275 e. The predicted molar refractivity (Wildman–Crippen MR) is 117 cm³/mol. The quantitative estimate of drug-likeness (QED) is 0.673. The summed E-state index contributed by atoms with van der Waals surface area (Å²) < 4.78 is 13.9. The van der Waals surface area contributed by atoms with E-state index in [0.717, 1.165) is 38.2 Å². The van der Waals surface area contributed by atoms with Crippen LogP contribution in [-0.4, -0.2) is 40.0 Å². The van der Waals surface area contributed by atoms with Gasteiger partial charge in [-0.05, 0) is 49.3 Å². The van der Waals surface area contributed by atoms with E-state index in [2.05, 4.69) is 25.2 Å². The maximum absolute atomic E-state index is 13.9. The van der Waals surface area contributed by atoms with Gasteiger partial charge in [0.2, 0.25) is 0 Å². The van der Waals surface area contributed by atoms with Crippen LogP contribution in [0.15, 0.2) is 42.9 Å². The van der Waals surface area contributed by atoms with Gasteiger partial charge in [-0.15, -0.1) is 0 Å². The maximum Gasteiger partial charge on any atom is 0.275 e. The van der Waals surface area contributed by atoms with Crippen molar-refractivity contribution in [3.8, 4) is 0 Å². The number of pyridine rings is 1. The standard InChI is InChI=1S/C23H25FN6O/c24-16-11-15-3-2-8-26-21(15)17(12-16)29-22(31)18-13-28-20(14-27-18)30-9-6-23(7-10-30)5-1-4-19(23)25/h2-3,8,11-14,19H,1,4-7,9-10,25H2,(H,29,31)/t19-/m1/s1. The summed E-state index contributed by atoms with van der Waals surface area (Å²) in [5, 5.41) is 3.32. The Kier molecular flexibility index (Phi) is 5.02. The van der Waals surface area contributed by atoms with Crippen LogP contribution in [0.25, 0.3) is 10.9 Å². The highest BCUT2D eigenvalue weighted by atomic mass is 19.1. The van der Waals surface area contributed by atoms with Gasteiger partial charge >= 0.3 is 0 Å². The zero-order chi connectivity index (χ0) is 21.4. The van der Waals surface area contributed by atoms with Crippen LogP contribution in [0.1, 0.15) is 42.6 Å². The predicted octanol–water partition coefficient (Wildman–Crippen LogP) is 3.51. The van der Waals surface area contributed by atoms with Gasteiger partial charge in [-0.2, -0.15) is 0 Å². The highest BCUT2D eigenvalue weighted by Crippen LogP contribution is 2.45. The molecule has 1 aliphatic heterocycles. The third-order valence-electron chi connectivity index (χ3n) is 6.85. The molecule has 31 heavy (non-hydrogen) atoms. The second kappa shape index (κ2) is 7.85. The molecule has 1 spiro atoms. The van der Waals surface area contributed by atoms with Crippen molar-refractivity contribution in [2.24, 2.45) is 11.1 Å². The summed E-state index contributed by atoms with van der Waals surface area (Å²) >= 11 is 0. The zero-order valence-corrected chi connectivity index (χ0v) is 17.2. The molecule has 1 saturated heterocycles. The molecular formula is C23H25FN6O. The minimum Gasteiger partial charge on any atom is -0.355 e. The Morgan fingerprint density at radius 2 is 2.00 bits per heavy atom. The molecule has 1 aliphatic carbocycles. The van der Waals surface area contributed by atoms with E-state index in [1.165, 1.54) is 31.2 Å². The molecule has 2 aromatic heterocycles. The topological polar surface area (TPSA) is 97.0 Å². The number of nitrogens with one attached hydrogen (secondary N) is 1. The fourth-order valence-corrected chi connectivity index (χ4v) is 5.01. The molecule has 3 N–H and O–H groups in total. The molecule has 1 amide bonds. The van der Waals surface area contributed by atoms with Crippen LogP contribution in [0.2, 0.25) is 0 Å². The number of halogens is 1. The largest absolute Gasteiger partial charge is 0.355 e. The van der Waals surface area contributed by atoms with Crippen molar-refractivity contribution in [1.82, 2.24) is 15.0 Å². The van der Waals surface area contributed by atoms with E-state index in [-0.39, 0.29) is 11.1 Å². The normalized spacial score (nSPS) is 20.3. The SMILES string of the molecule is N[C@@H]1CCCC12CCN(c1cnc(C(=O)Nc3cc(F)cc4cccnc34)cn1)CC2. The van der Waals surface area contributed by atoms with Crippen molar-refractivity contribution >= 4 is 28.3 Å². The number of rotatable bonds is 3. The Labute approximate surface area is 179 Å². The average molecular weight is 420 g/mol. The molecule has 0 bridgehead atoms. The van der Waals surface area contributed by atoms with Gasteiger partial charge in [0.05, 0.1) is 23.6 Å². The van der Waals surface area contributed by atoms with Crippen molar-refractivity contribution in [2.75, 3.05) is 23.3 Å². The highest BCUT2D eigenvalue weighted by Gasteiger charge is 2.43. The fraction of sp³-hybridized carbons (Fsp3) is 0.391. The monoisotopic (exact) mass is 420 g/mol. The molecule has 1 aromatic carbocycles. The first-order valence-electron chi connectivity index (χ1n) is 10.7. The third kappa shape index (κ3) is 3.72. The molecule has 1 saturated carbocycles. The number of hydrogen-bond donors (Lipinski definition) is 2. The van der Waals surface area contributed by atoms with Gasteiger partial charge in [-0.25, -0.2) is 14.4 Å². The van der Waals surface area contributed by atoms with Crippen molar-refractivity contribution in [1.29, 1.82) is 0 Å². The van der Waals surface area contributed by atoms with Crippen LogP contribution in [0.5, 0.6) is 0 Å². The molecular weight excluding hydrogens is 395 g/mol. The van der Waals surface area contributed by atoms with E-state index in [1.54, 1.807) is 24.5 Å². The van der Waals surface area contributed by atoms with Gasteiger partial charge in [0.1, 0.15) is 17.3 Å². The maximum atomic E-state index is 13.9. The Morgan fingerprint density at radius 3 is 2.71 bits per heavy atom. The Morgan fingerprint density at radius 1 is 1.16 bits per heavy atom. The fourth-order valence-electron chi connectivity index (χ4n) is 5.01. The minimum absolute atomic E-state index is 0.170. The van der Waals surface area contributed by atoms with E-state index in [9.17, 15) is 9.18 Å². The lowest BCUT2D eigenvalue weighted by atomic mass is 9.74. The lowest BCUT2D eigenvalue weighted by molar-refractivity contribution is 0.102. The number of piperidine rings is 1. The van der Waals surface area contributed by atoms with Crippen LogP contribution >= 0.6 is 0 Å². The number of hydrogen-bond acceptors (Lipinski definition) is 6. The number of nitrogens with zero attached hydrogens (tertiary/aromatic N) is 4. The summed E-state index contributed by atoms with van der Waals surface area (Å²) in [6.07, 6.45) is 10.4. The average Bonchev–Trinajstić information content (AvgIpc) is 3.13. The van der Waals surface area contributed by atoms with Crippen LogP contribution in [-0.2, 0) is 0 Å². The van der Waals surface area contributed by atoms with E-state index >= 15 is 0 Å². The summed E-state index contributed by atoms with van der Waals surface area (Å²) in [6.45, 7) is 1.80. The summed E-state index contributed by atoms with van der Waals surface area (Å²) in [6, 6.07) is 6.41. The first kappa shape index (κ1) is 19.8. The van der Waals surface area contributed by atoms with Crippen LogP contribution in [0, 0.1) is 11.2 Å². The molecule has 7 nitrogen and oxygen atoms in total. The Hall–Kier alpha value is -3.13. The van der Waals surface area contributed by atoms with Gasteiger partial charge in [0.25, 0.3) is 5.91 Å². The number of carbonyl (C=O) groups is 1. The van der Waals surface area contributed by atoms with E-state index in [4.69, 9.17) is 5.73 Å². The molecule has 2 aliphatic rings. The van der Waals surface area contributed by atoms with Gasteiger partial charge in [-0.1, -0.05) is 12.5 Å². The van der Waals surface area contributed by atoms with Gasteiger partial charge in [-0.3, -0.25) is 9.78 Å². The molecule has 3 heterocycles. The van der Waals surface area contributed by atoms with Crippen LogP contribution in [0.4, 0.5) is 15.9 Å². The second-order valence-electron chi connectivity index (χ2n) is 8.59. The van der Waals surface area contributed by atoms with Crippen LogP contribution in [0.3, 0.4) is 0 Å².